The Morgan fingerprint density at radius 1 is 1.29 bits per heavy atom. The average Bonchev–Trinajstić information content (AvgIpc) is 2.68. The summed E-state index contributed by atoms with van der Waals surface area (Å²) < 4.78 is 14.5. The van der Waals surface area contributed by atoms with E-state index >= 15 is 0 Å². The van der Waals surface area contributed by atoms with Gasteiger partial charge in [0.25, 0.3) is 5.91 Å². The Morgan fingerprint density at radius 3 is 2.79 bits per heavy atom. The third-order valence-corrected chi connectivity index (χ3v) is 7.35. The van der Waals surface area contributed by atoms with Crippen LogP contribution in [-0.2, 0) is 4.79 Å². The van der Waals surface area contributed by atoms with E-state index in [-0.39, 0.29) is 46.3 Å². The number of piperidine rings is 3. The first kappa shape index (κ1) is 19.7. The largest absolute Gasteiger partial charge is 0.338 e. The van der Waals surface area contributed by atoms with Crippen LogP contribution in [-0.4, -0.2) is 46.8 Å². The Hall–Kier alpha value is -1.62. The second kappa shape index (κ2) is 7.66. The van der Waals surface area contributed by atoms with Gasteiger partial charge in [-0.3, -0.25) is 9.59 Å². The van der Waals surface area contributed by atoms with Crippen LogP contribution in [0, 0.1) is 24.6 Å². The molecule has 2 bridgehead atoms. The number of rotatable bonds is 3. The summed E-state index contributed by atoms with van der Waals surface area (Å²) in [6.07, 6.45) is 5.59. The molecule has 0 aliphatic carbocycles. The average molecular weight is 407 g/mol. The van der Waals surface area contributed by atoms with Crippen LogP contribution in [0.3, 0.4) is 0 Å². The maximum absolute atomic E-state index is 14.5. The minimum Gasteiger partial charge on any atom is -0.338 e. The number of hydrogen-bond donors (Lipinski definition) is 0. The number of hydrogen-bond acceptors (Lipinski definition) is 2. The van der Waals surface area contributed by atoms with E-state index in [2.05, 4.69) is 11.8 Å². The van der Waals surface area contributed by atoms with E-state index in [9.17, 15) is 14.0 Å². The van der Waals surface area contributed by atoms with Crippen molar-refractivity contribution >= 4 is 23.4 Å². The van der Waals surface area contributed by atoms with Crippen LogP contribution in [0.5, 0.6) is 0 Å². The molecule has 4 rings (SSSR count). The van der Waals surface area contributed by atoms with Crippen molar-refractivity contribution in [2.75, 3.05) is 13.1 Å². The zero-order valence-electron chi connectivity index (χ0n) is 16.6. The number of halogens is 2. The molecule has 2 amide bonds. The maximum Gasteiger partial charge on any atom is 0.258 e. The van der Waals surface area contributed by atoms with E-state index in [0.717, 1.165) is 32.1 Å². The highest BCUT2D eigenvalue weighted by Crippen LogP contribution is 2.43. The van der Waals surface area contributed by atoms with Crippen LogP contribution in [0.4, 0.5) is 4.39 Å². The highest BCUT2D eigenvalue weighted by atomic mass is 35.5. The first-order chi connectivity index (χ1) is 13.4. The molecule has 0 unspecified atom stereocenters. The van der Waals surface area contributed by atoms with Crippen molar-refractivity contribution in [1.82, 2.24) is 9.80 Å². The summed E-state index contributed by atoms with van der Waals surface area (Å²) in [6.45, 7) is 5.07. The zero-order chi connectivity index (χ0) is 20.0. The lowest BCUT2D eigenvalue weighted by Crippen LogP contribution is -2.65. The van der Waals surface area contributed by atoms with Crippen LogP contribution < -0.4 is 0 Å². The second-order valence-electron chi connectivity index (χ2n) is 8.64. The summed E-state index contributed by atoms with van der Waals surface area (Å²) in [5, 5.41) is 0.209. The lowest BCUT2D eigenvalue weighted by molar-refractivity contribution is -0.152. The molecule has 3 saturated heterocycles. The van der Waals surface area contributed by atoms with Gasteiger partial charge in [0.1, 0.15) is 5.82 Å². The van der Waals surface area contributed by atoms with Gasteiger partial charge in [0.2, 0.25) is 5.91 Å². The smallest absolute Gasteiger partial charge is 0.258 e. The van der Waals surface area contributed by atoms with E-state index < -0.39 is 5.82 Å². The van der Waals surface area contributed by atoms with Gasteiger partial charge in [-0.1, -0.05) is 31.0 Å². The number of carbonyl (C=O) groups is 2. The molecular weight excluding hydrogens is 379 g/mol. The molecule has 3 aliphatic rings. The minimum absolute atomic E-state index is 0.00902. The molecule has 0 radical (unpaired) electrons. The third kappa shape index (κ3) is 3.22. The van der Waals surface area contributed by atoms with E-state index in [1.807, 2.05) is 0 Å². The van der Waals surface area contributed by atoms with E-state index in [1.54, 1.807) is 17.9 Å². The van der Waals surface area contributed by atoms with Crippen molar-refractivity contribution in [2.24, 2.45) is 11.8 Å². The van der Waals surface area contributed by atoms with E-state index in [1.165, 1.54) is 6.07 Å². The summed E-state index contributed by atoms with van der Waals surface area (Å²) >= 11 is 6.30. The van der Waals surface area contributed by atoms with Gasteiger partial charge in [-0.2, -0.15) is 0 Å². The molecule has 28 heavy (non-hydrogen) atoms. The molecule has 3 heterocycles. The molecule has 3 fully saturated rings. The number of benzene rings is 1. The SMILES string of the molecule is CCC[C@H]1[C@H]2C[C@H](CN(C(=O)c3c(F)ccc(C)c3Cl)C2)[C@@H]2CCCC(=O)N21. The lowest BCUT2D eigenvalue weighted by atomic mass is 9.71. The molecule has 3 aliphatic heterocycles. The van der Waals surface area contributed by atoms with Crippen molar-refractivity contribution in [3.8, 4) is 0 Å². The highest BCUT2D eigenvalue weighted by Gasteiger charge is 2.49. The Morgan fingerprint density at radius 2 is 2.04 bits per heavy atom. The van der Waals surface area contributed by atoms with Crippen molar-refractivity contribution in [2.45, 2.75) is 64.5 Å². The number of amides is 2. The summed E-state index contributed by atoms with van der Waals surface area (Å²) in [5.41, 5.74) is 0.696. The maximum atomic E-state index is 14.5. The molecule has 1 aromatic rings. The number of nitrogens with zero attached hydrogens (tertiary/aromatic N) is 2. The number of carbonyl (C=O) groups excluding carboxylic acids is 2. The fourth-order valence-electron chi connectivity index (χ4n) is 5.62. The Labute approximate surface area is 171 Å². The van der Waals surface area contributed by atoms with Crippen LogP contribution in [0.1, 0.15) is 61.4 Å². The first-order valence-corrected chi connectivity index (χ1v) is 10.8. The summed E-state index contributed by atoms with van der Waals surface area (Å²) in [6, 6.07) is 3.32. The van der Waals surface area contributed by atoms with Gasteiger partial charge in [-0.15, -0.1) is 0 Å². The van der Waals surface area contributed by atoms with Crippen LogP contribution in [0.15, 0.2) is 12.1 Å². The molecule has 4 nitrogen and oxygen atoms in total. The highest BCUT2D eigenvalue weighted by molar-refractivity contribution is 6.34. The predicted octanol–water partition coefficient (Wildman–Crippen LogP) is 4.43. The first-order valence-electron chi connectivity index (χ1n) is 10.5. The van der Waals surface area contributed by atoms with Gasteiger partial charge in [0, 0.05) is 31.6 Å². The quantitative estimate of drug-likeness (QED) is 0.745. The van der Waals surface area contributed by atoms with Gasteiger partial charge in [-0.25, -0.2) is 4.39 Å². The third-order valence-electron chi connectivity index (χ3n) is 6.87. The standard InChI is InChI=1S/C22H28ClFN2O2/c1-3-5-17-14-10-15(18-6-4-7-19(27)26(17)18)12-25(11-14)22(28)20-16(24)9-8-13(2)21(20)23/h8-9,14-15,17-18H,3-7,10-12H2,1-2H3/t14-,15+,17-,18-/m0/s1. The molecule has 0 spiro atoms. The topological polar surface area (TPSA) is 40.6 Å². The van der Waals surface area contributed by atoms with Crippen molar-refractivity contribution in [3.05, 3.63) is 34.1 Å². The molecule has 4 atom stereocenters. The number of fused-ring (bicyclic) bond motifs is 4. The number of likely N-dealkylation sites (tertiary alicyclic amines) is 1. The molecular formula is C22H28ClFN2O2. The van der Waals surface area contributed by atoms with Gasteiger partial charge in [0.05, 0.1) is 10.6 Å². The van der Waals surface area contributed by atoms with Crippen LogP contribution >= 0.6 is 11.6 Å². The van der Waals surface area contributed by atoms with Crippen molar-refractivity contribution in [3.63, 3.8) is 0 Å². The van der Waals surface area contributed by atoms with Crippen LogP contribution in [0.25, 0.3) is 0 Å². The lowest BCUT2D eigenvalue weighted by Gasteiger charge is -2.56. The number of aryl methyl sites for hydroxylation is 1. The molecule has 1 aromatic carbocycles. The van der Waals surface area contributed by atoms with Gasteiger partial charge >= 0.3 is 0 Å². The van der Waals surface area contributed by atoms with Gasteiger partial charge in [0.15, 0.2) is 0 Å². The van der Waals surface area contributed by atoms with E-state index in [0.29, 0.717) is 25.1 Å². The molecule has 0 aromatic heterocycles. The summed E-state index contributed by atoms with van der Waals surface area (Å²) in [4.78, 5) is 29.9. The minimum atomic E-state index is -0.559. The van der Waals surface area contributed by atoms with Gasteiger partial charge in [-0.05, 0) is 56.1 Å². The monoisotopic (exact) mass is 406 g/mol. The zero-order valence-corrected chi connectivity index (χ0v) is 17.3. The van der Waals surface area contributed by atoms with E-state index in [4.69, 9.17) is 11.6 Å². The van der Waals surface area contributed by atoms with Crippen molar-refractivity contribution < 1.29 is 14.0 Å². The molecule has 0 saturated carbocycles. The van der Waals surface area contributed by atoms with Gasteiger partial charge < -0.3 is 9.80 Å². The molecule has 0 N–H and O–H groups in total. The normalized spacial score (nSPS) is 29.6. The summed E-state index contributed by atoms with van der Waals surface area (Å²) in [5.74, 6) is -0.0705. The molecule has 152 valence electrons. The fourth-order valence-corrected chi connectivity index (χ4v) is 5.85. The van der Waals surface area contributed by atoms with Crippen molar-refractivity contribution in [1.29, 1.82) is 0 Å². The summed E-state index contributed by atoms with van der Waals surface area (Å²) in [7, 11) is 0. The van der Waals surface area contributed by atoms with Crippen LogP contribution in [0.2, 0.25) is 5.02 Å². The Kier molecular flexibility index (Phi) is 5.38. The second-order valence-corrected chi connectivity index (χ2v) is 9.01. The fraction of sp³-hybridized carbons (Fsp3) is 0.636. The molecule has 6 heteroatoms. The Balaban J connectivity index is 1.64. The Bertz CT molecular complexity index is 799. The predicted molar refractivity (Wildman–Crippen MR) is 107 cm³/mol.